The fraction of sp³-hybridized carbons (Fsp3) is 0.588. The maximum Gasteiger partial charge on any atom is 0.303 e. The number of carboxylic acid groups (broad SMARTS) is 1. The van der Waals surface area contributed by atoms with Crippen molar-refractivity contribution in [1.82, 2.24) is 0 Å². The highest BCUT2D eigenvalue weighted by Crippen LogP contribution is 2.22. The third-order valence-electron chi connectivity index (χ3n) is 3.84. The normalized spacial score (nSPS) is 12.3. The molecule has 1 aromatic carbocycles. The number of unbranched alkanes of at least 4 members (excludes halogenated alkanes) is 3. The molecule has 112 valence electrons. The summed E-state index contributed by atoms with van der Waals surface area (Å²) in [5, 5.41) is 8.54. The molecule has 0 spiro atoms. The highest BCUT2D eigenvalue weighted by molar-refractivity contribution is 5.66. The number of hydrogen-bond acceptors (Lipinski definition) is 1. The molecule has 1 unspecified atom stereocenters. The summed E-state index contributed by atoms with van der Waals surface area (Å²) in [4.78, 5) is 10.4. The van der Waals surface area contributed by atoms with Crippen LogP contribution in [0.15, 0.2) is 18.2 Å². The van der Waals surface area contributed by atoms with Crippen molar-refractivity contribution in [2.45, 2.75) is 64.7 Å². The van der Waals surface area contributed by atoms with Crippen molar-refractivity contribution in [3.8, 4) is 0 Å². The third kappa shape index (κ3) is 5.72. The lowest BCUT2D eigenvalue weighted by molar-refractivity contribution is -0.137. The van der Waals surface area contributed by atoms with Crippen LogP contribution >= 0.6 is 0 Å². The highest BCUT2D eigenvalue weighted by atomic mass is 19.1. The van der Waals surface area contributed by atoms with Crippen molar-refractivity contribution in [3.05, 3.63) is 35.1 Å². The van der Waals surface area contributed by atoms with Crippen LogP contribution in [0.1, 0.15) is 69.4 Å². The molecule has 1 rings (SSSR count). The van der Waals surface area contributed by atoms with Gasteiger partial charge in [0.1, 0.15) is 5.82 Å². The monoisotopic (exact) mass is 280 g/mol. The van der Waals surface area contributed by atoms with Gasteiger partial charge in [-0.2, -0.15) is 0 Å². The Bertz CT molecular complexity index is 429. The van der Waals surface area contributed by atoms with E-state index in [0.29, 0.717) is 12.3 Å². The fourth-order valence-electron chi connectivity index (χ4n) is 2.27. The molecule has 0 amide bonds. The van der Waals surface area contributed by atoms with E-state index in [1.54, 1.807) is 6.07 Å². The molecule has 1 aromatic rings. The fourth-order valence-corrected chi connectivity index (χ4v) is 2.27. The molecule has 20 heavy (non-hydrogen) atoms. The molecule has 0 saturated carbocycles. The van der Waals surface area contributed by atoms with Crippen molar-refractivity contribution in [2.75, 3.05) is 0 Å². The summed E-state index contributed by atoms with van der Waals surface area (Å²) in [6, 6.07) is 5.43. The van der Waals surface area contributed by atoms with Gasteiger partial charge in [0, 0.05) is 6.42 Å². The first-order chi connectivity index (χ1) is 9.54. The molecule has 0 bridgehead atoms. The average Bonchev–Trinajstić information content (AvgIpc) is 2.43. The quantitative estimate of drug-likeness (QED) is 0.652. The van der Waals surface area contributed by atoms with Crippen LogP contribution in [0.3, 0.4) is 0 Å². The maximum atomic E-state index is 13.7. The van der Waals surface area contributed by atoms with Gasteiger partial charge in [-0.25, -0.2) is 4.39 Å². The smallest absolute Gasteiger partial charge is 0.303 e. The van der Waals surface area contributed by atoms with E-state index in [2.05, 4.69) is 13.8 Å². The molecule has 0 radical (unpaired) electrons. The Labute approximate surface area is 121 Å². The van der Waals surface area contributed by atoms with Gasteiger partial charge in [-0.15, -0.1) is 0 Å². The number of hydrogen-bond donors (Lipinski definition) is 1. The lowest BCUT2D eigenvalue weighted by Gasteiger charge is -2.11. The zero-order chi connectivity index (χ0) is 15.0. The minimum absolute atomic E-state index is 0.123. The van der Waals surface area contributed by atoms with E-state index in [-0.39, 0.29) is 12.2 Å². The van der Waals surface area contributed by atoms with Crippen LogP contribution in [0.2, 0.25) is 0 Å². The van der Waals surface area contributed by atoms with Gasteiger partial charge in [0.15, 0.2) is 0 Å². The highest BCUT2D eigenvalue weighted by Gasteiger charge is 2.08. The van der Waals surface area contributed by atoms with Crippen molar-refractivity contribution >= 4 is 5.97 Å². The molecule has 3 heteroatoms. The summed E-state index contributed by atoms with van der Waals surface area (Å²) in [6.45, 7) is 4.29. The molecule has 0 aliphatic carbocycles. The number of carbonyl (C=O) groups is 1. The molecular weight excluding hydrogens is 255 g/mol. The predicted octanol–water partition coefficient (Wildman–Crippen LogP) is 4.92. The molecule has 1 N–H and O–H groups in total. The van der Waals surface area contributed by atoms with Crippen LogP contribution in [0.25, 0.3) is 0 Å². The van der Waals surface area contributed by atoms with E-state index < -0.39 is 5.97 Å². The maximum absolute atomic E-state index is 13.7. The molecule has 0 saturated heterocycles. The largest absolute Gasteiger partial charge is 0.481 e. The third-order valence-corrected chi connectivity index (χ3v) is 3.84. The van der Waals surface area contributed by atoms with Crippen molar-refractivity contribution in [1.29, 1.82) is 0 Å². The summed E-state index contributed by atoms with van der Waals surface area (Å²) in [5.74, 6) is -0.398. The Hall–Kier alpha value is -1.38. The minimum atomic E-state index is -0.739. The van der Waals surface area contributed by atoms with Gasteiger partial charge >= 0.3 is 5.97 Å². The first kappa shape index (κ1) is 16.7. The van der Waals surface area contributed by atoms with E-state index in [4.69, 9.17) is 5.11 Å². The first-order valence-electron chi connectivity index (χ1n) is 7.54. The number of rotatable bonds is 9. The minimum Gasteiger partial charge on any atom is -0.481 e. The Morgan fingerprint density at radius 3 is 2.60 bits per heavy atom. The summed E-state index contributed by atoms with van der Waals surface area (Å²) in [7, 11) is 0. The van der Waals surface area contributed by atoms with Crippen molar-refractivity contribution in [2.24, 2.45) is 0 Å². The van der Waals surface area contributed by atoms with Crippen molar-refractivity contribution < 1.29 is 14.3 Å². The van der Waals surface area contributed by atoms with E-state index in [1.807, 2.05) is 12.1 Å². The number of aliphatic carboxylic acids is 1. The van der Waals surface area contributed by atoms with Crippen LogP contribution in [0, 0.1) is 5.82 Å². The van der Waals surface area contributed by atoms with Crippen LogP contribution in [0.4, 0.5) is 4.39 Å². The number of aryl methyl sites for hydroxylation is 1. The van der Waals surface area contributed by atoms with E-state index in [1.165, 1.54) is 5.56 Å². The molecule has 0 aliphatic heterocycles. The summed E-state index contributed by atoms with van der Waals surface area (Å²) in [5.41, 5.74) is 2.00. The number of halogens is 1. The number of benzene rings is 1. The molecular formula is C17H25FO2. The Morgan fingerprint density at radius 1 is 1.25 bits per heavy atom. The average molecular weight is 280 g/mol. The van der Waals surface area contributed by atoms with E-state index in [0.717, 1.165) is 37.7 Å². The van der Waals surface area contributed by atoms with Crippen LogP contribution in [-0.4, -0.2) is 11.1 Å². The van der Waals surface area contributed by atoms with E-state index in [9.17, 15) is 9.18 Å². The van der Waals surface area contributed by atoms with Gasteiger partial charge < -0.3 is 5.11 Å². The van der Waals surface area contributed by atoms with Crippen LogP contribution < -0.4 is 0 Å². The summed E-state index contributed by atoms with van der Waals surface area (Å²) >= 11 is 0. The molecule has 0 heterocycles. The topological polar surface area (TPSA) is 37.3 Å². The van der Waals surface area contributed by atoms with Gasteiger partial charge in [0.2, 0.25) is 0 Å². The molecule has 0 aliphatic rings. The molecule has 0 aromatic heterocycles. The van der Waals surface area contributed by atoms with Gasteiger partial charge in [0.25, 0.3) is 0 Å². The van der Waals surface area contributed by atoms with Crippen LogP contribution in [0.5, 0.6) is 0 Å². The lowest BCUT2D eigenvalue weighted by atomic mass is 9.95. The second-order valence-corrected chi connectivity index (χ2v) is 5.47. The zero-order valence-electron chi connectivity index (χ0n) is 12.5. The van der Waals surface area contributed by atoms with Gasteiger partial charge in [-0.1, -0.05) is 38.8 Å². The summed E-state index contributed by atoms with van der Waals surface area (Å²) < 4.78 is 13.7. The predicted molar refractivity (Wildman–Crippen MR) is 79.5 cm³/mol. The lowest BCUT2D eigenvalue weighted by Crippen LogP contribution is -1.97. The second-order valence-electron chi connectivity index (χ2n) is 5.47. The molecule has 2 nitrogen and oxygen atoms in total. The van der Waals surface area contributed by atoms with E-state index >= 15 is 0 Å². The molecule has 1 atom stereocenters. The zero-order valence-corrected chi connectivity index (χ0v) is 12.5. The Morgan fingerprint density at radius 2 is 1.95 bits per heavy atom. The second kappa shape index (κ2) is 8.72. The number of carboxylic acids is 1. The molecule has 0 fully saturated rings. The van der Waals surface area contributed by atoms with Gasteiger partial charge in [-0.05, 0) is 48.8 Å². The standard InChI is InChI=1S/C17H25FO2/c1-3-13(2)14-10-11-16(18)15(12-14)8-6-4-5-7-9-17(19)20/h10-13H,3-9H2,1-2H3,(H,19,20). The van der Waals surface area contributed by atoms with Gasteiger partial charge in [-0.3, -0.25) is 4.79 Å². The first-order valence-corrected chi connectivity index (χ1v) is 7.54. The van der Waals surface area contributed by atoms with Crippen LogP contribution in [-0.2, 0) is 11.2 Å². The Kier molecular flexibility index (Phi) is 7.27. The van der Waals surface area contributed by atoms with Gasteiger partial charge in [0.05, 0.1) is 0 Å². The van der Waals surface area contributed by atoms with Crippen molar-refractivity contribution in [3.63, 3.8) is 0 Å². The SMILES string of the molecule is CCC(C)c1ccc(F)c(CCCCCCC(=O)O)c1. The summed E-state index contributed by atoms with van der Waals surface area (Å²) in [6.07, 6.45) is 5.52. The Balaban J connectivity index is 2.41.